The van der Waals surface area contributed by atoms with E-state index in [1.165, 1.54) is 18.2 Å². The van der Waals surface area contributed by atoms with Crippen molar-refractivity contribution < 1.29 is 18.4 Å². The van der Waals surface area contributed by atoms with E-state index in [1.54, 1.807) is 18.2 Å². The van der Waals surface area contributed by atoms with Crippen molar-refractivity contribution in [2.24, 2.45) is 5.16 Å². The van der Waals surface area contributed by atoms with Crippen LogP contribution in [0, 0.1) is 12.7 Å². The SMILES string of the molecule is Cc1cc(=O)oc2cc(OCC3CC(c4ccc(F)cc4)=NO3)ccc12. The first kappa shape index (κ1) is 16.3. The molecule has 2 heterocycles. The van der Waals surface area contributed by atoms with E-state index < -0.39 is 0 Å². The number of rotatable bonds is 4. The largest absolute Gasteiger partial charge is 0.489 e. The number of ether oxygens (including phenoxy) is 1. The van der Waals surface area contributed by atoms with Gasteiger partial charge in [-0.2, -0.15) is 0 Å². The Morgan fingerprint density at radius 1 is 1.19 bits per heavy atom. The molecular formula is C20H16FNO4. The Balaban J connectivity index is 1.41. The second kappa shape index (κ2) is 6.63. The number of nitrogens with zero attached hydrogens (tertiary/aromatic N) is 1. The van der Waals surface area contributed by atoms with Gasteiger partial charge in [0, 0.05) is 23.9 Å². The van der Waals surface area contributed by atoms with E-state index in [0.29, 0.717) is 24.4 Å². The van der Waals surface area contributed by atoms with Crippen molar-refractivity contribution in [1.82, 2.24) is 0 Å². The number of oxime groups is 1. The lowest BCUT2D eigenvalue weighted by Crippen LogP contribution is -2.18. The minimum Gasteiger partial charge on any atom is -0.489 e. The lowest BCUT2D eigenvalue weighted by molar-refractivity contribution is 0.0471. The molecule has 0 amide bonds. The molecule has 1 aromatic heterocycles. The zero-order valence-electron chi connectivity index (χ0n) is 14.1. The summed E-state index contributed by atoms with van der Waals surface area (Å²) in [6.45, 7) is 2.16. The fourth-order valence-electron chi connectivity index (χ4n) is 2.91. The summed E-state index contributed by atoms with van der Waals surface area (Å²) in [5, 5.41) is 4.93. The summed E-state index contributed by atoms with van der Waals surface area (Å²) >= 11 is 0. The van der Waals surface area contributed by atoms with Gasteiger partial charge in [-0.1, -0.05) is 17.3 Å². The first-order valence-corrected chi connectivity index (χ1v) is 8.24. The van der Waals surface area contributed by atoms with Crippen molar-refractivity contribution in [3.05, 3.63) is 75.9 Å². The van der Waals surface area contributed by atoms with Crippen molar-refractivity contribution in [2.45, 2.75) is 19.4 Å². The molecule has 2 aromatic carbocycles. The van der Waals surface area contributed by atoms with E-state index in [4.69, 9.17) is 14.0 Å². The number of hydrogen-bond acceptors (Lipinski definition) is 5. The number of aryl methyl sites for hydroxylation is 1. The van der Waals surface area contributed by atoms with E-state index >= 15 is 0 Å². The average molecular weight is 353 g/mol. The van der Waals surface area contributed by atoms with Gasteiger partial charge in [-0.05, 0) is 42.3 Å². The van der Waals surface area contributed by atoms with Crippen LogP contribution in [0.3, 0.4) is 0 Å². The molecule has 0 bridgehead atoms. The third-order valence-electron chi connectivity index (χ3n) is 4.27. The van der Waals surface area contributed by atoms with Crippen molar-refractivity contribution in [3.63, 3.8) is 0 Å². The van der Waals surface area contributed by atoms with Gasteiger partial charge in [0.05, 0.1) is 5.71 Å². The quantitative estimate of drug-likeness (QED) is 0.669. The van der Waals surface area contributed by atoms with E-state index in [2.05, 4.69) is 5.16 Å². The molecule has 1 atom stereocenters. The molecule has 0 fully saturated rings. The fourth-order valence-corrected chi connectivity index (χ4v) is 2.91. The van der Waals surface area contributed by atoms with Gasteiger partial charge < -0.3 is 14.0 Å². The highest BCUT2D eigenvalue weighted by atomic mass is 19.1. The number of hydrogen-bond donors (Lipinski definition) is 0. The third-order valence-corrected chi connectivity index (χ3v) is 4.27. The van der Waals surface area contributed by atoms with Crippen LogP contribution in [0.5, 0.6) is 5.75 Å². The molecule has 26 heavy (non-hydrogen) atoms. The van der Waals surface area contributed by atoms with Crippen molar-refractivity contribution >= 4 is 16.7 Å². The molecule has 0 saturated heterocycles. The second-order valence-electron chi connectivity index (χ2n) is 6.19. The van der Waals surface area contributed by atoms with E-state index in [1.807, 2.05) is 19.1 Å². The molecule has 1 unspecified atom stereocenters. The maximum atomic E-state index is 13.0. The first-order chi connectivity index (χ1) is 12.6. The number of benzene rings is 2. The van der Waals surface area contributed by atoms with Crippen molar-refractivity contribution in [3.8, 4) is 5.75 Å². The molecule has 5 nitrogen and oxygen atoms in total. The first-order valence-electron chi connectivity index (χ1n) is 8.24. The normalized spacial score (nSPS) is 16.4. The molecule has 3 aromatic rings. The van der Waals surface area contributed by atoms with Gasteiger partial charge in [-0.3, -0.25) is 0 Å². The standard InChI is InChI=1S/C20H16FNO4/c1-12-8-20(23)25-19-10-15(6-7-17(12)19)24-11-16-9-18(22-26-16)13-2-4-14(21)5-3-13/h2-8,10,16H,9,11H2,1H3. The zero-order chi connectivity index (χ0) is 18.1. The fraction of sp³-hybridized carbons (Fsp3) is 0.200. The lowest BCUT2D eigenvalue weighted by atomic mass is 10.1. The molecule has 1 aliphatic rings. The molecule has 132 valence electrons. The summed E-state index contributed by atoms with van der Waals surface area (Å²) in [6, 6.07) is 13.0. The van der Waals surface area contributed by atoms with Crippen LogP contribution >= 0.6 is 0 Å². The maximum absolute atomic E-state index is 13.0. The molecular weight excluding hydrogens is 337 g/mol. The Kier molecular flexibility index (Phi) is 4.16. The summed E-state index contributed by atoms with van der Waals surface area (Å²) in [6.07, 6.45) is 0.350. The Hall–Kier alpha value is -3.15. The Labute approximate surface area is 148 Å². The maximum Gasteiger partial charge on any atom is 0.336 e. The van der Waals surface area contributed by atoms with Crippen LogP contribution in [-0.4, -0.2) is 18.4 Å². The highest BCUT2D eigenvalue weighted by Gasteiger charge is 2.23. The van der Waals surface area contributed by atoms with Gasteiger partial charge in [0.25, 0.3) is 0 Å². The summed E-state index contributed by atoms with van der Waals surface area (Å²) in [5.74, 6) is 0.302. The molecule has 0 saturated carbocycles. The molecule has 6 heteroatoms. The minimum atomic E-state index is -0.386. The molecule has 1 aliphatic heterocycles. The number of fused-ring (bicyclic) bond motifs is 1. The second-order valence-corrected chi connectivity index (χ2v) is 6.19. The smallest absolute Gasteiger partial charge is 0.336 e. The zero-order valence-corrected chi connectivity index (χ0v) is 14.1. The van der Waals surface area contributed by atoms with Crippen LogP contribution in [-0.2, 0) is 4.84 Å². The molecule has 0 N–H and O–H groups in total. The molecule has 4 rings (SSSR count). The summed E-state index contributed by atoms with van der Waals surface area (Å²) in [5.41, 5.74) is 2.56. The third kappa shape index (κ3) is 3.31. The van der Waals surface area contributed by atoms with Gasteiger partial charge in [-0.15, -0.1) is 0 Å². The van der Waals surface area contributed by atoms with Crippen molar-refractivity contribution in [1.29, 1.82) is 0 Å². The molecule has 0 radical (unpaired) electrons. The Morgan fingerprint density at radius 2 is 2.00 bits per heavy atom. The minimum absolute atomic E-state index is 0.227. The highest BCUT2D eigenvalue weighted by Crippen LogP contribution is 2.23. The monoisotopic (exact) mass is 353 g/mol. The van der Waals surface area contributed by atoms with Gasteiger partial charge >= 0.3 is 5.63 Å². The lowest BCUT2D eigenvalue weighted by Gasteiger charge is -2.11. The average Bonchev–Trinajstić information content (AvgIpc) is 3.09. The van der Waals surface area contributed by atoms with Crippen LogP contribution < -0.4 is 10.4 Å². The van der Waals surface area contributed by atoms with Gasteiger partial charge in [-0.25, -0.2) is 9.18 Å². The van der Waals surface area contributed by atoms with Crippen LogP contribution in [0.1, 0.15) is 17.5 Å². The summed E-state index contributed by atoms with van der Waals surface area (Å²) < 4.78 is 24.0. The predicted molar refractivity (Wildman–Crippen MR) is 95.1 cm³/mol. The topological polar surface area (TPSA) is 61.0 Å². The van der Waals surface area contributed by atoms with Gasteiger partial charge in [0.2, 0.25) is 0 Å². The Morgan fingerprint density at radius 3 is 2.81 bits per heavy atom. The molecule has 0 spiro atoms. The van der Waals surface area contributed by atoms with E-state index in [9.17, 15) is 9.18 Å². The van der Waals surface area contributed by atoms with Gasteiger partial charge in [0.15, 0.2) is 6.10 Å². The van der Waals surface area contributed by atoms with Crippen LogP contribution in [0.4, 0.5) is 4.39 Å². The number of halogens is 1. The summed E-state index contributed by atoms with van der Waals surface area (Å²) in [7, 11) is 0. The molecule has 0 aliphatic carbocycles. The van der Waals surface area contributed by atoms with Crippen molar-refractivity contribution in [2.75, 3.05) is 6.61 Å². The Bertz CT molecular complexity index is 1040. The van der Waals surface area contributed by atoms with E-state index in [0.717, 1.165) is 22.2 Å². The van der Waals surface area contributed by atoms with Crippen LogP contribution in [0.2, 0.25) is 0 Å². The summed E-state index contributed by atoms with van der Waals surface area (Å²) in [4.78, 5) is 16.9. The highest BCUT2D eigenvalue weighted by molar-refractivity contribution is 6.01. The van der Waals surface area contributed by atoms with E-state index in [-0.39, 0.29) is 17.5 Å². The predicted octanol–water partition coefficient (Wildman–Crippen LogP) is 3.81. The van der Waals surface area contributed by atoms with Crippen LogP contribution in [0.25, 0.3) is 11.0 Å². The van der Waals surface area contributed by atoms with Gasteiger partial charge in [0.1, 0.15) is 23.8 Å². The van der Waals surface area contributed by atoms with Crippen LogP contribution in [0.15, 0.2) is 62.9 Å².